The van der Waals surface area contributed by atoms with E-state index in [2.05, 4.69) is 21.5 Å². The number of oxime groups is 1. The molecule has 132 valence electrons. The molecule has 1 atom stereocenters. The minimum absolute atomic E-state index is 0.338. The standard InChI is InChI=1S/C17H16N6O3/c18-11-17(5-6-17)12-1-3-14(4-2-12)23-10-15(26-16(23)24)9-22-8-13(7-19-25)20-21-22/h1-4,7-8,15,25H,5-6,9-10H2/b19-7+/t15-/m0/s1. The number of rotatable bonds is 5. The number of carbonyl (C=O) groups is 1. The number of anilines is 1. The molecule has 1 aromatic heterocycles. The molecular formula is C17H16N6O3. The van der Waals surface area contributed by atoms with Gasteiger partial charge in [-0.15, -0.1) is 5.10 Å². The maximum atomic E-state index is 12.2. The Morgan fingerprint density at radius 1 is 1.42 bits per heavy atom. The molecule has 2 aromatic rings. The van der Waals surface area contributed by atoms with Crippen LogP contribution in [0.3, 0.4) is 0 Å². The molecule has 0 spiro atoms. The van der Waals surface area contributed by atoms with E-state index in [1.54, 1.807) is 11.1 Å². The van der Waals surface area contributed by atoms with Gasteiger partial charge in [-0.25, -0.2) is 9.48 Å². The highest BCUT2D eigenvalue weighted by atomic mass is 16.6. The number of amides is 1. The molecule has 1 saturated carbocycles. The molecule has 0 bridgehead atoms. The van der Waals surface area contributed by atoms with Crippen molar-refractivity contribution in [2.24, 2.45) is 5.16 Å². The van der Waals surface area contributed by atoms with Crippen LogP contribution in [-0.2, 0) is 16.7 Å². The van der Waals surface area contributed by atoms with Crippen molar-refractivity contribution in [1.82, 2.24) is 15.0 Å². The second-order valence-electron chi connectivity index (χ2n) is 6.47. The van der Waals surface area contributed by atoms with Crippen molar-refractivity contribution in [2.75, 3.05) is 11.4 Å². The lowest BCUT2D eigenvalue weighted by Crippen LogP contribution is -2.26. The highest BCUT2D eigenvalue weighted by Crippen LogP contribution is 2.47. The van der Waals surface area contributed by atoms with Crippen LogP contribution in [0.1, 0.15) is 24.1 Å². The average Bonchev–Trinajstić information content (AvgIpc) is 3.20. The van der Waals surface area contributed by atoms with Gasteiger partial charge in [-0.3, -0.25) is 4.90 Å². The van der Waals surface area contributed by atoms with Crippen molar-refractivity contribution >= 4 is 18.0 Å². The van der Waals surface area contributed by atoms with Gasteiger partial charge >= 0.3 is 6.09 Å². The van der Waals surface area contributed by atoms with E-state index in [4.69, 9.17) is 9.94 Å². The average molecular weight is 352 g/mol. The first-order valence-corrected chi connectivity index (χ1v) is 8.21. The van der Waals surface area contributed by atoms with E-state index in [0.29, 0.717) is 18.8 Å². The Morgan fingerprint density at radius 3 is 2.85 bits per heavy atom. The summed E-state index contributed by atoms with van der Waals surface area (Å²) in [5.41, 5.74) is 1.81. The fourth-order valence-electron chi connectivity index (χ4n) is 3.11. The fourth-order valence-corrected chi connectivity index (χ4v) is 3.11. The fraction of sp³-hybridized carbons (Fsp3) is 0.353. The molecular weight excluding hydrogens is 336 g/mol. The normalized spacial score (nSPS) is 21.0. The first-order chi connectivity index (χ1) is 12.6. The maximum absolute atomic E-state index is 12.2. The van der Waals surface area contributed by atoms with Crippen LogP contribution < -0.4 is 4.90 Å². The van der Waals surface area contributed by atoms with Crippen molar-refractivity contribution in [2.45, 2.75) is 30.9 Å². The van der Waals surface area contributed by atoms with Gasteiger partial charge in [-0.05, 0) is 30.5 Å². The number of cyclic esters (lactones) is 1. The van der Waals surface area contributed by atoms with Gasteiger partial charge in [0.05, 0.1) is 37.0 Å². The lowest BCUT2D eigenvalue weighted by Gasteiger charge is -2.14. The monoisotopic (exact) mass is 352 g/mol. The Kier molecular flexibility index (Phi) is 3.80. The molecule has 1 aliphatic carbocycles. The van der Waals surface area contributed by atoms with E-state index in [-0.39, 0.29) is 11.5 Å². The molecule has 1 aliphatic heterocycles. The van der Waals surface area contributed by atoms with Crippen LogP contribution in [0.25, 0.3) is 0 Å². The van der Waals surface area contributed by atoms with Crippen LogP contribution in [0, 0.1) is 11.3 Å². The first kappa shape index (κ1) is 16.1. The Balaban J connectivity index is 1.43. The third kappa shape index (κ3) is 2.86. The molecule has 1 amide bonds. The third-order valence-electron chi connectivity index (χ3n) is 4.71. The zero-order chi connectivity index (χ0) is 18.1. The molecule has 2 heterocycles. The second kappa shape index (κ2) is 6.15. The van der Waals surface area contributed by atoms with Crippen LogP contribution in [-0.4, -0.2) is 45.2 Å². The Hall–Kier alpha value is -3.41. The zero-order valence-electron chi connectivity index (χ0n) is 13.8. The number of nitriles is 1. The van der Waals surface area contributed by atoms with Gasteiger partial charge in [0.1, 0.15) is 11.8 Å². The van der Waals surface area contributed by atoms with E-state index in [9.17, 15) is 10.1 Å². The number of nitrogens with zero attached hydrogens (tertiary/aromatic N) is 6. The summed E-state index contributed by atoms with van der Waals surface area (Å²) in [4.78, 5) is 13.7. The Labute approximate surface area is 149 Å². The quantitative estimate of drug-likeness (QED) is 0.497. The number of hydrogen-bond donors (Lipinski definition) is 1. The molecule has 26 heavy (non-hydrogen) atoms. The van der Waals surface area contributed by atoms with E-state index in [0.717, 1.165) is 24.1 Å². The van der Waals surface area contributed by atoms with Gasteiger partial charge in [0.25, 0.3) is 0 Å². The van der Waals surface area contributed by atoms with E-state index in [1.165, 1.54) is 10.9 Å². The molecule has 4 rings (SSSR count). The Morgan fingerprint density at radius 2 is 2.19 bits per heavy atom. The second-order valence-corrected chi connectivity index (χ2v) is 6.47. The smallest absolute Gasteiger partial charge is 0.414 e. The molecule has 9 heteroatoms. The summed E-state index contributed by atoms with van der Waals surface area (Å²) in [5, 5.41) is 28.4. The molecule has 9 nitrogen and oxygen atoms in total. The van der Waals surface area contributed by atoms with Crippen LogP contribution in [0.15, 0.2) is 35.6 Å². The summed E-state index contributed by atoms with van der Waals surface area (Å²) in [6.45, 7) is 0.745. The SMILES string of the molecule is N#CC1(c2ccc(N3C[C@H](Cn4cc(/C=N/O)nn4)OC3=O)cc2)CC1. The summed E-state index contributed by atoms with van der Waals surface area (Å²) in [7, 11) is 0. The van der Waals surface area contributed by atoms with Crippen molar-refractivity contribution in [3.05, 3.63) is 41.7 Å². The minimum Gasteiger partial charge on any atom is -0.442 e. The topological polar surface area (TPSA) is 117 Å². The number of aromatic nitrogens is 3. The number of carbonyl (C=O) groups excluding carboxylic acids is 1. The van der Waals surface area contributed by atoms with Gasteiger partial charge in [0.2, 0.25) is 0 Å². The zero-order valence-corrected chi connectivity index (χ0v) is 13.8. The van der Waals surface area contributed by atoms with E-state index < -0.39 is 6.09 Å². The van der Waals surface area contributed by atoms with Gasteiger partial charge in [-0.1, -0.05) is 22.5 Å². The van der Waals surface area contributed by atoms with Gasteiger partial charge in [-0.2, -0.15) is 5.26 Å². The molecule has 0 radical (unpaired) electrons. The van der Waals surface area contributed by atoms with Gasteiger partial charge in [0, 0.05) is 5.69 Å². The van der Waals surface area contributed by atoms with Crippen LogP contribution in [0.5, 0.6) is 0 Å². The summed E-state index contributed by atoms with van der Waals surface area (Å²) >= 11 is 0. The Bertz CT molecular complexity index is 894. The number of ether oxygens (including phenoxy) is 1. The van der Waals surface area contributed by atoms with E-state index in [1.807, 2.05) is 24.3 Å². The third-order valence-corrected chi connectivity index (χ3v) is 4.71. The molecule has 2 fully saturated rings. The largest absolute Gasteiger partial charge is 0.442 e. The van der Waals surface area contributed by atoms with E-state index >= 15 is 0 Å². The van der Waals surface area contributed by atoms with Crippen LogP contribution >= 0.6 is 0 Å². The van der Waals surface area contributed by atoms with Crippen molar-refractivity contribution in [1.29, 1.82) is 5.26 Å². The molecule has 1 aromatic carbocycles. The summed E-state index contributed by atoms with van der Waals surface area (Å²) in [6, 6.07) is 9.88. The predicted octanol–water partition coefficient (Wildman–Crippen LogP) is 1.67. The van der Waals surface area contributed by atoms with Crippen molar-refractivity contribution < 1.29 is 14.7 Å². The number of benzene rings is 1. The highest BCUT2D eigenvalue weighted by Gasteiger charge is 2.45. The summed E-state index contributed by atoms with van der Waals surface area (Å²) in [6.07, 6.45) is 3.77. The van der Waals surface area contributed by atoms with Crippen LogP contribution in [0.4, 0.5) is 10.5 Å². The van der Waals surface area contributed by atoms with Gasteiger partial charge < -0.3 is 9.94 Å². The molecule has 1 saturated heterocycles. The van der Waals surface area contributed by atoms with Crippen molar-refractivity contribution in [3.63, 3.8) is 0 Å². The molecule has 1 N–H and O–H groups in total. The van der Waals surface area contributed by atoms with Crippen molar-refractivity contribution in [3.8, 4) is 6.07 Å². The lowest BCUT2D eigenvalue weighted by molar-refractivity contribution is 0.129. The predicted molar refractivity (Wildman–Crippen MR) is 90.0 cm³/mol. The maximum Gasteiger partial charge on any atom is 0.414 e. The first-order valence-electron chi connectivity index (χ1n) is 8.21. The minimum atomic E-state index is -0.415. The number of hydrogen-bond acceptors (Lipinski definition) is 7. The van der Waals surface area contributed by atoms with Gasteiger partial charge in [0.15, 0.2) is 0 Å². The molecule has 0 unspecified atom stereocenters. The molecule has 2 aliphatic rings. The lowest BCUT2D eigenvalue weighted by atomic mass is 9.97. The highest BCUT2D eigenvalue weighted by molar-refractivity contribution is 5.89. The summed E-state index contributed by atoms with van der Waals surface area (Å²) < 4.78 is 6.93. The summed E-state index contributed by atoms with van der Waals surface area (Å²) in [5.74, 6) is 0. The van der Waals surface area contributed by atoms with Crippen LogP contribution in [0.2, 0.25) is 0 Å².